The van der Waals surface area contributed by atoms with Crippen LogP contribution >= 0.6 is 0 Å². The molecular formula is C30H22. The molecule has 0 nitrogen and oxygen atoms in total. The van der Waals surface area contributed by atoms with E-state index in [0.29, 0.717) is 0 Å². The van der Waals surface area contributed by atoms with Gasteiger partial charge in [-0.05, 0) is 51.1 Å². The lowest BCUT2D eigenvalue weighted by molar-refractivity contribution is 0.775. The Hall–Kier alpha value is -3.64. The summed E-state index contributed by atoms with van der Waals surface area (Å²) in [5, 5.41) is 2.62. The molecule has 0 amide bonds. The zero-order valence-corrected chi connectivity index (χ0v) is 17.0. The first-order chi connectivity index (χ1) is 14.8. The van der Waals surface area contributed by atoms with Crippen molar-refractivity contribution in [2.24, 2.45) is 0 Å². The molecule has 0 heterocycles. The zero-order chi connectivity index (χ0) is 20.1. The number of hydrogen-bond acceptors (Lipinski definition) is 0. The Labute approximate surface area is 177 Å². The van der Waals surface area contributed by atoms with E-state index in [-0.39, 0.29) is 5.41 Å². The van der Waals surface area contributed by atoms with E-state index in [2.05, 4.69) is 122 Å². The number of hydrogen-bond donors (Lipinski definition) is 0. The highest BCUT2D eigenvalue weighted by Gasteiger charge is 2.46. The molecule has 0 radical (unpaired) electrons. The zero-order valence-electron chi connectivity index (χ0n) is 17.0. The molecule has 0 fully saturated rings. The van der Waals surface area contributed by atoms with Gasteiger partial charge in [0.25, 0.3) is 0 Å². The van der Waals surface area contributed by atoms with Crippen LogP contribution in [0.2, 0.25) is 0 Å². The number of fused-ring (bicyclic) bond motifs is 5. The van der Waals surface area contributed by atoms with Crippen LogP contribution in [0.3, 0.4) is 0 Å². The van der Waals surface area contributed by atoms with Crippen LogP contribution in [0.15, 0.2) is 115 Å². The van der Waals surface area contributed by atoms with Crippen molar-refractivity contribution in [1.29, 1.82) is 0 Å². The Bertz CT molecular complexity index is 1340. The summed E-state index contributed by atoms with van der Waals surface area (Å²) < 4.78 is 0. The highest BCUT2D eigenvalue weighted by Crippen LogP contribution is 2.58. The first-order valence-electron chi connectivity index (χ1n) is 10.5. The minimum atomic E-state index is -0.332. The van der Waals surface area contributed by atoms with E-state index in [4.69, 9.17) is 0 Å². The minimum Gasteiger partial charge on any atom is -0.0622 e. The van der Waals surface area contributed by atoms with Gasteiger partial charge in [0.15, 0.2) is 0 Å². The molecule has 30 heavy (non-hydrogen) atoms. The van der Waals surface area contributed by atoms with Gasteiger partial charge in [0.1, 0.15) is 0 Å². The molecule has 0 saturated carbocycles. The van der Waals surface area contributed by atoms with E-state index >= 15 is 0 Å². The Morgan fingerprint density at radius 3 is 1.87 bits per heavy atom. The lowest BCUT2D eigenvalue weighted by Crippen LogP contribution is -2.28. The summed E-state index contributed by atoms with van der Waals surface area (Å²) in [5.74, 6) is 0. The van der Waals surface area contributed by atoms with Crippen molar-refractivity contribution >= 4 is 10.8 Å². The molecule has 0 N–H and O–H groups in total. The highest BCUT2D eigenvalue weighted by atomic mass is 14.5. The van der Waals surface area contributed by atoms with Gasteiger partial charge in [0.2, 0.25) is 0 Å². The molecular weight excluding hydrogens is 360 g/mol. The van der Waals surface area contributed by atoms with Gasteiger partial charge in [-0.1, -0.05) is 121 Å². The second-order valence-electron chi connectivity index (χ2n) is 8.24. The average molecular weight is 383 g/mol. The van der Waals surface area contributed by atoms with E-state index in [9.17, 15) is 0 Å². The SMILES string of the molecule is Cc1ccc2c(c1)-c1ccc3ccccc3c1C2(c1ccccc1)c1ccccc1. The molecule has 0 aliphatic heterocycles. The maximum Gasteiger partial charge on any atom is 0.0719 e. The summed E-state index contributed by atoms with van der Waals surface area (Å²) in [6, 6.07) is 42.4. The fourth-order valence-corrected chi connectivity index (χ4v) is 5.39. The van der Waals surface area contributed by atoms with Gasteiger partial charge in [0.05, 0.1) is 5.41 Å². The van der Waals surface area contributed by atoms with E-state index < -0.39 is 0 Å². The lowest BCUT2D eigenvalue weighted by Gasteiger charge is -2.34. The molecule has 5 aromatic rings. The topological polar surface area (TPSA) is 0 Å². The number of benzene rings is 5. The van der Waals surface area contributed by atoms with Crippen LogP contribution in [0, 0.1) is 6.92 Å². The Kier molecular flexibility index (Phi) is 3.70. The van der Waals surface area contributed by atoms with Gasteiger partial charge in [-0.15, -0.1) is 0 Å². The third-order valence-electron chi connectivity index (χ3n) is 6.59. The van der Waals surface area contributed by atoms with Crippen molar-refractivity contribution in [3.05, 3.63) is 143 Å². The van der Waals surface area contributed by atoms with Crippen molar-refractivity contribution in [3.63, 3.8) is 0 Å². The van der Waals surface area contributed by atoms with E-state index in [1.54, 1.807) is 0 Å². The maximum absolute atomic E-state index is 2.36. The quantitative estimate of drug-likeness (QED) is 0.291. The molecule has 0 spiro atoms. The van der Waals surface area contributed by atoms with Gasteiger partial charge in [-0.25, -0.2) is 0 Å². The van der Waals surface area contributed by atoms with Crippen LogP contribution in [-0.2, 0) is 5.41 Å². The predicted octanol–water partition coefficient (Wildman–Crippen LogP) is 7.51. The molecule has 0 heteroatoms. The van der Waals surface area contributed by atoms with E-state index in [1.807, 2.05) is 0 Å². The van der Waals surface area contributed by atoms with Gasteiger partial charge in [0, 0.05) is 0 Å². The van der Waals surface area contributed by atoms with Crippen LogP contribution < -0.4 is 0 Å². The summed E-state index contributed by atoms with van der Waals surface area (Å²) in [5.41, 5.74) is 9.07. The fourth-order valence-electron chi connectivity index (χ4n) is 5.39. The molecule has 6 rings (SSSR count). The monoisotopic (exact) mass is 382 g/mol. The van der Waals surface area contributed by atoms with Crippen molar-refractivity contribution in [1.82, 2.24) is 0 Å². The van der Waals surface area contributed by atoms with Gasteiger partial charge in [-0.3, -0.25) is 0 Å². The summed E-state index contributed by atoms with van der Waals surface area (Å²) in [6.07, 6.45) is 0. The van der Waals surface area contributed by atoms with Crippen LogP contribution in [0.4, 0.5) is 0 Å². The molecule has 1 aliphatic carbocycles. The van der Waals surface area contributed by atoms with Crippen LogP contribution in [0.25, 0.3) is 21.9 Å². The fraction of sp³-hybridized carbons (Fsp3) is 0.0667. The third kappa shape index (κ3) is 2.22. The smallest absolute Gasteiger partial charge is 0.0622 e. The molecule has 0 saturated heterocycles. The highest BCUT2D eigenvalue weighted by molar-refractivity contribution is 6.00. The number of rotatable bonds is 2. The lowest BCUT2D eigenvalue weighted by atomic mass is 9.66. The first kappa shape index (κ1) is 17.2. The molecule has 5 aromatic carbocycles. The first-order valence-corrected chi connectivity index (χ1v) is 10.5. The van der Waals surface area contributed by atoms with Crippen molar-refractivity contribution < 1.29 is 0 Å². The molecule has 142 valence electrons. The van der Waals surface area contributed by atoms with Crippen molar-refractivity contribution in [2.45, 2.75) is 12.3 Å². The Morgan fingerprint density at radius 1 is 0.533 bits per heavy atom. The summed E-state index contributed by atoms with van der Waals surface area (Å²) in [6.45, 7) is 2.19. The summed E-state index contributed by atoms with van der Waals surface area (Å²) >= 11 is 0. The normalized spacial score (nSPS) is 13.8. The van der Waals surface area contributed by atoms with Crippen molar-refractivity contribution in [3.8, 4) is 11.1 Å². The van der Waals surface area contributed by atoms with Gasteiger partial charge >= 0.3 is 0 Å². The van der Waals surface area contributed by atoms with Gasteiger partial charge in [-0.2, -0.15) is 0 Å². The van der Waals surface area contributed by atoms with Gasteiger partial charge < -0.3 is 0 Å². The maximum atomic E-state index is 2.36. The predicted molar refractivity (Wildman–Crippen MR) is 126 cm³/mol. The van der Waals surface area contributed by atoms with Crippen LogP contribution in [0.1, 0.15) is 27.8 Å². The minimum absolute atomic E-state index is 0.332. The second kappa shape index (κ2) is 6.43. The molecule has 0 aromatic heterocycles. The molecule has 1 aliphatic rings. The summed E-state index contributed by atoms with van der Waals surface area (Å²) in [4.78, 5) is 0. The standard InChI is InChI=1S/C30H22/c1-21-16-19-28-27(20-21)26-18-17-22-10-8-9-15-25(22)29(26)30(28,23-11-4-2-5-12-23)24-13-6-3-7-14-24/h2-20H,1H3. The summed E-state index contributed by atoms with van der Waals surface area (Å²) in [7, 11) is 0. The van der Waals surface area contributed by atoms with Crippen molar-refractivity contribution in [2.75, 3.05) is 0 Å². The molecule has 0 atom stereocenters. The Balaban J connectivity index is 1.88. The molecule has 0 bridgehead atoms. The van der Waals surface area contributed by atoms with E-state index in [0.717, 1.165) is 0 Å². The molecule has 0 unspecified atom stereocenters. The van der Waals surface area contributed by atoms with Crippen LogP contribution in [-0.4, -0.2) is 0 Å². The largest absolute Gasteiger partial charge is 0.0719 e. The Morgan fingerprint density at radius 2 is 1.17 bits per heavy atom. The third-order valence-corrected chi connectivity index (χ3v) is 6.59. The van der Waals surface area contributed by atoms with E-state index in [1.165, 1.54) is 49.7 Å². The average Bonchev–Trinajstić information content (AvgIpc) is 3.11. The number of aryl methyl sites for hydroxylation is 1. The second-order valence-corrected chi connectivity index (χ2v) is 8.24. The van der Waals surface area contributed by atoms with Crippen LogP contribution in [0.5, 0.6) is 0 Å².